The zero-order valence-electron chi connectivity index (χ0n) is 13.1. The molecule has 1 amide bonds. The molecule has 22 heavy (non-hydrogen) atoms. The quantitative estimate of drug-likeness (QED) is 0.871. The molecule has 4 rings (SSSR count). The van der Waals surface area contributed by atoms with Crippen molar-refractivity contribution < 1.29 is 4.79 Å². The van der Waals surface area contributed by atoms with Crippen LogP contribution in [0.1, 0.15) is 50.3 Å². The molecule has 2 atom stereocenters. The van der Waals surface area contributed by atoms with Gasteiger partial charge in [0.2, 0.25) is 5.91 Å². The third-order valence-electron chi connectivity index (χ3n) is 6.00. The first-order chi connectivity index (χ1) is 10.6. The van der Waals surface area contributed by atoms with Crippen LogP contribution in [0.15, 0.2) is 0 Å². The Morgan fingerprint density at radius 2 is 2.00 bits per heavy atom. The Morgan fingerprint density at radius 3 is 2.55 bits per heavy atom. The van der Waals surface area contributed by atoms with Crippen molar-refractivity contribution in [2.75, 3.05) is 13.1 Å². The highest BCUT2D eigenvalue weighted by atomic mass is 32.1. The van der Waals surface area contributed by atoms with E-state index in [0.29, 0.717) is 28.4 Å². The SMILES string of the molecule is Cn1c(C2CCN(C(=O)[C@@H]3C[C@H]3C3CCC3)CC2)n[nH]c1=S. The molecule has 1 aliphatic heterocycles. The third-order valence-corrected chi connectivity index (χ3v) is 6.36. The van der Waals surface area contributed by atoms with Crippen LogP contribution < -0.4 is 0 Å². The van der Waals surface area contributed by atoms with Crippen LogP contribution in [0.3, 0.4) is 0 Å². The van der Waals surface area contributed by atoms with Gasteiger partial charge in [-0.15, -0.1) is 0 Å². The first-order valence-corrected chi connectivity index (χ1v) is 8.96. The summed E-state index contributed by atoms with van der Waals surface area (Å²) in [6, 6.07) is 0. The number of piperidine rings is 1. The molecule has 0 unspecified atom stereocenters. The summed E-state index contributed by atoms with van der Waals surface area (Å²) in [6.07, 6.45) is 7.24. The van der Waals surface area contributed by atoms with Gasteiger partial charge in [-0.1, -0.05) is 19.3 Å². The molecule has 3 fully saturated rings. The van der Waals surface area contributed by atoms with Gasteiger partial charge < -0.3 is 9.47 Å². The number of aromatic nitrogens is 3. The fourth-order valence-electron chi connectivity index (χ4n) is 4.20. The van der Waals surface area contributed by atoms with Crippen LogP contribution in [-0.4, -0.2) is 38.7 Å². The molecule has 0 aromatic carbocycles. The molecule has 2 aliphatic carbocycles. The summed E-state index contributed by atoms with van der Waals surface area (Å²) in [6.45, 7) is 1.74. The Labute approximate surface area is 136 Å². The van der Waals surface area contributed by atoms with Crippen molar-refractivity contribution in [2.45, 2.75) is 44.4 Å². The number of hydrogen-bond donors (Lipinski definition) is 1. The number of hydrogen-bond acceptors (Lipinski definition) is 3. The fraction of sp³-hybridized carbons (Fsp3) is 0.812. The van der Waals surface area contributed by atoms with Crippen LogP contribution in [0.2, 0.25) is 0 Å². The first-order valence-electron chi connectivity index (χ1n) is 8.55. The molecule has 3 aliphatic rings. The van der Waals surface area contributed by atoms with Crippen molar-refractivity contribution in [1.29, 1.82) is 0 Å². The van der Waals surface area contributed by atoms with Gasteiger partial charge >= 0.3 is 0 Å². The highest BCUT2D eigenvalue weighted by Gasteiger charge is 2.50. The lowest BCUT2D eigenvalue weighted by Crippen LogP contribution is -2.39. The van der Waals surface area contributed by atoms with Crippen LogP contribution in [0, 0.1) is 22.5 Å². The lowest BCUT2D eigenvalue weighted by Gasteiger charge is -2.32. The highest BCUT2D eigenvalue weighted by molar-refractivity contribution is 7.71. The average Bonchev–Trinajstić information content (AvgIpc) is 3.17. The summed E-state index contributed by atoms with van der Waals surface area (Å²) < 4.78 is 2.64. The maximum Gasteiger partial charge on any atom is 0.225 e. The lowest BCUT2D eigenvalue weighted by atomic mass is 9.81. The zero-order valence-corrected chi connectivity index (χ0v) is 13.9. The topological polar surface area (TPSA) is 53.9 Å². The van der Waals surface area contributed by atoms with Gasteiger partial charge in [-0.25, -0.2) is 0 Å². The molecule has 0 bridgehead atoms. The van der Waals surface area contributed by atoms with E-state index < -0.39 is 0 Å². The van der Waals surface area contributed by atoms with E-state index in [9.17, 15) is 4.79 Å². The molecule has 2 saturated carbocycles. The molecule has 0 spiro atoms. The number of nitrogens with one attached hydrogen (secondary N) is 1. The number of rotatable bonds is 3. The van der Waals surface area contributed by atoms with E-state index in [1.54, 1.807) is 0 Å². The zero-order chi connectivity index (χ0) is 15.3. The van der Waals surface area contributed by atoms with E-state index in [1.165, 1.54) is 19.3 Å². The van der Waals surface area contributed by atoms with Gasteiger partial charge in [0.1, 0.15) is 5.82 Å². The summed E-state index contributed by atoms with van der Waals surface area (Å²) in [5, 5.41) is 7.22. The number of carbonyl (C=O) groups is 1. The normalized spacial score (nSPS) is 29.4. The number of H-pyrrole nitrogens is 1. The van der Waals surface area contributed by atoms with Gasteiger partial charge in [-0.2, -0.15) is 5.10 Å². The predicted octanol–water partition coefficient (Wildman–Crippen LogP) is 2.62. The molecule has 1 N–H and O–H groups in total. The minimum absolute atomic E-state index is 0.350. The van der Waals surface area contributed by atoms with Crippen molar-refractivity contribution in [2.24, 2.45) is 24.8 Å². The minimum atomic E-state index is 0.350. The highest BCUT2D eigenvalue weighted by Crippen LogP contribution is 2.52. The maximum atomic E-state index is 12.6. The van der Waals surface area contributed by atoms with Crippen LogP contribution >= 0.6 is 12.2 Å². The van der Waals surface area contributed by atoms with Crippen LogP contribution in [0.4, 0.5) is 0 Å². The summed E-state index contributed by atoms with van der Waals surface area (Å²) in [5.74, 6) is 3.80. The van der Waals surface area contributed by atoms with Gasteiger partial charge in [-0.3, -0.25) is 9.89 Å². The summed E-state index contributed by atoms with van der Waals surface area (Å²) in [5.41, 5.74) is 0. The lowest BCUT2D eigenvalue weighted by molar-refractivity contribution is -0.134. The van der Waals surface area contributed by atoms with Crippen LogP contribution in [0.5, 0.6) is 0 Å². The van der Waals surface area contributed by atoms with Gasteiger partial charge in [0.15, 0.2) is 4.77 Å². The second-order valence-electron chi connectivity index (χ2n) is 7.24. The summed E-state index contributed by atoms with van der Waals surface area (Å²) in [4.78, 5) is 14.7. The second kappa shape index (κ2) is 5.48. The van der Waals surface area contributed by atoms with Gasteiger partial charge in [0, 0.05) is 32.0 Å². The standard InChI is InChI=1S/C16H24N4OS/c1-19-14(17-18-16(19)22)11-5-7-20(8-6-11)15(21)13-9-12(13)10-3-2-4-10/h10-13H,2-9H2,1H3,(H,18,22)/t12-,13+/m0/s1. The Kier molecular flexibility index (Phi) is 3.59. The molecular formula is C16H24N4OS. The van der Waals surface area contributed by atoms with Crippen molar-refractivity contribution >= 4 is 18.1 Å². The fourth-order valence-corrected chi connectivity index (χ4v) is 4.34. The molecule has 6 heteroatoms. The largest absolute Gasteiger partial charge is 0.342 e. The van der Waals surface area contributed by atoms with Crippen molar-refractivity contribution in [1.82, 2.24) is 19.7 Å². The number of likely N-dealkylation sites (tertiary alicyclic amines) is 1. The molecule has 1 saturated heterocycles. The van der Waals surface area contributed by atoms with Crippen LogP contribution in [0.25, 0.3) is 0 Å². The van der Waals surface area contributed by atoms with Crippen molar-refractivity contribution in [3.05, 3.63) is 10.6 Å². The summed E-state index contributed by atoms with van der Waals surface area (Å²) >= 11 is 5.19. The molecule has 5 nitrogen and oxygen atoms in total. The van der Waals surface area contributed by atoms with Gasteiger partial charge in [-0.05, 0) is 43.3 Å². The van der Waals surface area contributed by atoms with Crippen molar-refractivity contribution in [3.63, 3.8) is 0 Å². The minimum Gasteiger partial charge on any atom is -0.342 e. The molecule has 1 aromatic heterocycles. The number of carbonyl (C=O) groups excluding carboxylic acids is 1. The Morgan fingerprint density at radius 1 is 1.27 bits per heavy atom. The van der Waals surface area contributed by atoms with E-state index in [-0.39, 0.29) is 0 Å². The number of nitrogens with zero attached hydrogens (tertiary/aromatic N) is 3. The Hall–Kier alpha value is -1.17. The number of aromatic amines is 1. The second-order valence-corrected chi connectivity index (χ2v) is 7.63. The maximum absolute atomic E-state index is 12.6. The van der Waals surface area contributed by atoms with E-state index >= 15 is 0 Å². The third kappa shape index (κ3) is 2.41. The molecule has 2 heterocycles. The van der Waals surface area contributed by atoms with E-state index in [1.807, 2.05) is 11.6 Å². The molecule has 120 valence electrons. The van der Waals surface area contributed by atoms with E-state index in [4.69, 9.17) is 12.2 Å². The molecular weight excluding hydrogens is 296 g/mol. The number of amides is 1. The Balaban J connectivity index is 1.33. The monoisotopic (exact) mass is 320 g/mol. The van der Waals surface area contributed by atoms with Gasteiger partial charge in [0.05, 0.1) is 0 Å². The van der Waals surface area contributed by atoms with Gasteiger partial charge in [0.25, 0.3) is 0 Å². The first kappa shape index (κ1) is 14.4. The van der Waals surface area contributed by atoms with Crippen molar-refractivity contribution in [3.8, 4) is 0 Å². The smallest absolute Gasteiger partial charge is 0.225 e. The predicted molar refractivity (Wildman–Crippen MR) is 85.9 cm³/mol. The average molecular weight is 320 g/mol. The Bertz CT molecular complexity index is 624. The van der Waals surface area contributed by atoms with E-state index in [0.717, 1.165) is 44.1 Å². The molecule has 0 radical (unpaired) electrons. The summed E-state index contributed by atoms with van der Waals surface area (Å²) in [7, 11) is 1.96. The molecule has 1 aromatic rings. The van der Waals surface area contributed by atoms with Crippen LogP contribution in [-0.2, 0) is 11.8 Å². The van der Waals surface area contributed by atoms with E-state index in [2.05, 4.69) is 15.1 Å².